The Labute approximate surface area is 90.5 Å². The van der Waals surface area contributed by atoms with E-state index >= 15 is 0 Å². The SMILES string of the molecule is CCn1nccc1C(=O)CC1CCCC1. The van der Waals surface area contributed by atoms with Crippen molar-refractivity contribution in [2.24, 2.45) is 5.92 Å². The first kappa shape index (κ1) is 10.4. The molecule has 0 aromatic carbocycles. The van der Waals surface area contributed by atoms with Crippen LogP contribution >= 0.6 is 0 Å². The Morgan fingerprint density at radius 3 is 2.93 bits per heavy atom. The van der Waals surface area contributed by atoms with Crippen LogP contribution in [0.2, 0.25) is 0 Å². The standard InChI is InChI=1S/C12H18N2O/c1-2-14-11(7-8-13-14)12(15)9-10-5-3-4-6-10/h7-8,10H,2-6,9H2,1H3. The van der Waals surface area contributed by atoms with Crippen LogP contribution in [-0.2, 0) is 6.54 Å². The molecule has 0 bridgehead atoms. The van der Waals surface area contributed by atoms with Crippen LogP contribution in [0.5, 0.6) is 0 Å². The van der Waals surface area contributed by atoms with Crippen LogP contribution in [0.3, 0.4) is 0 Å². The van der Waals surface area contributed by atoms with Crippen molar-refractivity contribution in [2.45, 2.75) is 45.6 Å². The number of aromatic nitrogens is 2. The lowest BCUT2D eigenvalue weighted by Gasteiger charge is -2.08. The van der Waals surface area contributed by atoms with Gasteiger partial charge in [-0.3, -0.25) is 9.48 Å². The van der Waals surface area contributed by atoms with Crippen LogP contribution in [0.15, 0.2) is 12.3 Å². The van der Waals surface area contributed by atoms with E-state index in [9.17, 15) is 4.79 Å². The highest BCUT2D eigenvalue weighted by Crippen LogP contribution is 2.28. The Balaban J connectivity index is 2.00. The van der Waals surface area contributed by atoms with E-state index in [-0.39, 0.29) is 5.78 Å². The fourth-order valence-corrected chi connectivity index (χ4v) is 2.40. The van der Waals surface area contributed by atoms with Crippen molar-refractivity contribution in [3.63, 3.8) is 0 Å². The summed E-state index contributed by atoms with van der Waals surface area (Å²) in [6.45, 7) is 2.79. The smallest absolute Gasteiger partial charge is 0.181 e. The molecule has 15 heavy (non-hydrogen) atoms. The third-order valence-corrected chi connectivity index (χ3v) is 3.25. The highest BCUT2D eigenvalue weighted by atomic mass is 16.1. The third-order valence-electron chi connectivity index (χ3n) is 3.25. The molecule has 1 aliphatic carbocycles. The quantitative estimate of drug-likeness (QED) is 0.710. The minimum atomic E-state index is 0.265. The fraction of sp³-hybridized carbons (Fsp3) is 0.667. The van der Waals surface area contributed by atoms with Gasteiger partial charge >= 0.3 is 0 Å². The Hall–Kier alpha value is -1.12. The molecule has 2 rings (SSSR count). The Morgan fingerprint density at radius 1 is 1.53 bits per heavy atom. The molecule has 0 radical (unpaired) electrons. The van der Waals surface area contributed by atoms with Crippen molar-refractivity contribution >= 4 is 5.78 Å². The Morgan fingerprint density at radius 2 is 2.27 bits per heavy atom. The second-order valence-electron chi connectivity index (χ2n) is 4.31. The monoisotopic (exact) mass is 206 g/mol. The largest absolute Gasteiger partial charge is 0.292 e. The zero-order valence-electron chi connectivity index (χ0n) is 9.28. The zero-order chi connectivity index (χ0) is 10.7. The molecule has 1 saturated carbocycles. The van der Waals surface area contributed by atoms with Gasteiger partial charge in [0, 0.05) is 19.2 Å². The summed E-state index contributed by atoms with van der Waals surface area (Å²) >= 11 is 0. The van der Waals surface area contributed by atoms with Gasteiger partial charge in [0.25, 0.3) is 0 Å². The Bertz CT molecular complexity index is 337. The molecule has 1 heterocycles. The third kappa shape index (κ3) is 2.28. The number of ketones is 1. The molecular formula is C12H18N2O. The highest BCUT2D eigenvalue weighted by molar-refractivity contribution is 5.94. The van der Waals surface area contributed by atoms with E-state index in [4.69, 9.17) is 0 Å². The van der Waals surface area contributed by atoms with Crippen LogP contribution in [0.1, 0.15) is 49.5 Å². The first-order chi connectivity index (χ1) is 7.31. The van der Waals surface area contributed by atoms with Gasteiger partial charge in [-0.1, -0.05) is 25.7 Å². The number of rotatable bonds is 4. The van der Waals surface area contributed by atoms with Crippen molar-refractivity contribution in [1.82, 2.24) is 9.78 Å². The molecule has 0 unspecified atom stereocenters. The average molecular weight is 206 g/mol. The lowest BCUT2D eigenvalue weighted by Crippen LogP contribution is -2.12. The van der Waals surface area contributed by atoms with Gasteiger partial charge in [-0.05, 0) is 18.9 Å². The van der Waals surface area contributed by atoms with Crippen molar-refractivity contribution in [3.8, 4) is 0 Å². The van der Waals surface area contributed by atoms with E-state index < -0.39 is 0 Å². The van der Waals surface area contributed by atoms with Gasteiger partial charge in [0.05, 0.1) is 0 Å². The molecule has 3 heteroatoms. The van der Waals surface area contributed by atoms with Crippen LogP contribution in [0, 0.1) is 5.92 Å². The summed E-state index contributed by atoms with van der Waals surface area (Å²) in [6, 6.07) is 1.83. The lowest BCUT2D eigenvalue weighted by atomic mass is 10.00. The van der Waals surface area contributed by atoms with Gasteiger partial charge in [-0.2, -0.15) is 5.10 Å². The molecule has 0 amide bonds. The number of hydrogen-bond acceptors (Lipinski definition) is 2. The summed E-state index contributed by atoms with van der Waals surface area (Å²) in [6.07, 6.45) is 7.48. The summed E-state index contributed by atoms with van der Waals surface area (Å²) < 4.78 is 1.79. The van der Waals surface area contributed by atoms with E-state index in [0.29, 0.717) is 12.3 Å². The number of carbonyl (C=O) groups excluding carboxylic acids is 1. The van der Waals surface area contributed by atoms with Crippen molar-refractivity contribution in [2.75, 3.05) is 0 Å². The molecule has 1 aliphatic rings. The summed E-state index contributed by atoms with van der Waals surface area (Å²) in [4.78, 5) is 12.0. The van der Waals surface area contributed by atoms with Crippen LogP contribution in [-0.4, -0.2) is 15.6 Å². The van der Waals surface area contributed by atoms with Crippen molar-refractivity contribution in [3.05, 3.63) is 18.0 Å². The number of Topliss-reactive ketones (excluding diaryl/α,β-unsaturated/α-hetero) is 1. The van der Waals surface area contributed by atoms with Crippen molar-refractivity contribution in [1.29, 1.82) is 0 Å². The zero-order valence-corrected chi connectivity index (χ0v) is 9.28. The first-order valence-corrected chi connectivity index (χ1v) is 5.86. The number of hydrogen-bond donors (Lipinski definition) is 0. The molecule has 1 aromatic heterocycles. The topological polar surface area (TPSA) is 34.9 Å². The van der Waals surface area contributed by atoms with Gasteiger partial charge in [0.15, 0.2) is 5.78 Å². The van der Waals surface area contributed by atoms with Gasteiger partial charge in [0.1, 0.15) is 5.69 Å². The summed E-state index contributed by atoms with van der Waals surface area (Å²) in [5.41, 5.74) is 0.782. The first-order valence-electron chi connectivity index (χ1n) is 5.86. The number of carbonyl (C=O) groups is 1. The summed E-state index contributed by atoms with van der Waals surface area (Å²) in [7, 11) is 0. The number of aryl methyl sites for hydroxylation is 1. The highest BCUT2D eigenvalue weighted by Gasteiger charge is 2.20. The molecular weight excluding hydrogens is 188 g/mol. The van der Waals surface area contributed by atoms with Gasteiger partial charge < -0.3 is 0 Å². The fourth-order valence-electron chi connectivity index (χ4n) is 2.40. The van der Waals surface area contributed by atoms with Gasteiger partial charge in [-0.25, -0.2) is 0 Å². The summed E-state index contributed by atoms with van der Waals surface area (Å²) in [5.74, 6) is 0.888. The van der Waals surface area contributed by atoms with Crippen molar-refractivity contribution < 1.29 is 4.79 Å². The predicted molar refractivity (Wildman–Crippen MR) is 58.8 cm³/mol. The lowest BCUT2D eigenvalue weighted by molar-refractivity contribution is 0.0951. The molecule has 3 nitrogen and oxygen atoms in total. The molecule has 0 aliphatic heterocycles. The van der Waals surface area contributed by atoms with Gasteiger partial charge in [-0.15, -0.1) is 0 Å². The molecule has 1 aromatic rings. The maximum atomic E-state index is 12.0. The second-order valence-corrected chi connectivity index (χ2v) is 4.31. The molecule has 0 saturated heterocycles. The van der Waals surface area contributed by atoms with Crippen LogP contribution in [0.4, 0.5) is 0 Å². The Kier molecular flexibility index (Phi) is 3.19. The number of nitrogens with zero attached hydrogens (tertiary/aromatic N) is 2. The molecule has 82 valence electrons. The molecule has 0 N–H and O–H groups in total. The molecule has 1 fully saturated rings. The maximum Gasteiger partial charge on any atom is 0.181 e. The van der Waals surface area contributed by atoms with E-state index in [1.54, 1.807) is 10.9 Å². The maximum absolute atomic E-state index is 12.0. The normalized spacial score (nSPS) is 17.1. The van der Waals surface area contributed by atoms with Gasteiger partial charge in [0.2, 0.25) is 0 Å². The molecule has 0 atom stereocenters. The minimum absolute atomic E-state index is 0.265. The summed E-state index contributed by atoms with van der Waals surface area (Å²) in [5, 5.41) is 4.13. The van der Waals surface area contributed by atoms with E-state index in [1.165, 1.54) is 25.7 Å². The van der Waals surface area contributed by atoms with E-state index in [0.717, 1.165) is 12.2 Å². The predicted octanol–water partition coefficient (Wildman–Crippen LogP) is 2.67. The van der Waals surface area contributed by atoms with E-state index in [2.05, 4.69) is 5.10 Å². The molecule has 0 spiro atoms. The van der Waals surface area contributed by atoms with Crippen LogP contribution in [0.25, 0.3) is 0 Å². The average Bonchev–Trinajstić information content (AvgIpc) is 2.86. The minimum Gasteiger partial charge on any atom is -0.292 e. The van der Waals surface area contributed by atoms with E-state index in [1.807, 2.05) is 13.0 Å². The van der Waals surface area contributed by atoms with Crippen LogP contribution < -0.4 is 0 Å². The second kappa shape index (κ2) is 4.60.